The molecular formula is C9H12N2OS. The van der Waals surface area contributed by atoms with Crippen LogP contribution >= 0.6 is 11.8 Å². The average Bonchev–Trinajstić information content (AvgIpc) is 2.15. The molecule has 70 valence electrons. The fourth-order valence-corrected chi connectivity index (χ4v) is 1.58. The van der Waals surface area contributed by atoms with Gasteiger partial charge in [0, 0.05) is 12.1 Å². The summed E-state index contributed by atoms with van der Waals surface area (Å²) < 4.78 is 0. The van der Waals surface area contributed by atoms with E-state index in [2.05, 4.69) is 9.97 Å². The summed E-state index contributed by atoms with van der Waals surface area (Å²) in [5.74, 6) is 0.854. The second-order valence-corrected chi connectivity index (χ2v) is 3.95. The maximum atomic E-state index is 11.3. The fourth-order valence-electron chi connectivity index (χ4n) is 0.676. The SMILES string of the molecule is CC(C)C(=O)CSc1ccncn1. The zero-order chi connectivity index (χ0) is 9.68. The van der Waals surface area contributed by atoms with Crippen LogP contribution in [0.3, 0.4) is 0 Å². The van der Waals surface area contributed by atoms with Gasteiger partial charge in [-0.05, 0) is 6.07 Å². The van der Waals surface area contributed by atoms with Crippen molar-refractivity contribution in [3.05, 3.63) is 18.6 Å². The zero-order valence-electron chi connectivity index (χ0n) is 7.73. The first-order chi connectivity index (χ1) is 6.20. The molecule has 0 saturated carbocycles. The lowest BCUT2D eigenvalue weighted by atomic mass is 10.1. The van der Waals surface area contributed by atoms with Crippen LogP contribution in [0.4, 0.5) is 0 Å². The molecule has 1 heterocycles. The van der Waals surface area contributed by atoms with E-state index in [9.17, 15) is 4.79 Å². The largest absolute Gasteiger partial charge is 0.298 e. The van der Waals surface area contributed by atoms with Crippen LogP contribution in [0, 0.1) is 5.92 Å². The van der Waals surface area contributed by atoms with E-state index in [1.165, 1.54) is 18.1 Å². The van der Waals surface area contributed by atoms with E-state index in [-0.39, 0.29) is 11.7 Å². The number of hydrogen-bond acceptors (Lipinski definition) is 4. The number of thioether (sulfide) groups is 1. The maximum absolute atomic E-state index is 11.3. The summed E-state index contributed by atoms with van der Waals surface area (Å²) in [5, 5.41) is 0.851. The van der Waals surface area contributed by atoms with Crippen LogP contribution in [0.2, 0.25) is 0 Å². The van der Waals surface area contributed by atoms with Crippen LogP contribution < -0.4 is 0 Å². The highest BCUT2D eigenvalue weighted by Gasteiger charge is 2.07. The summed E-state index contributed by atoms with van der Waals surface area (Å²) in [7, 11) is 0. The van der Waals surface area contributed by atoms with Crippen LogP contribution in [0.15, 0.2) is 23.6 Å². The van der Waals surface area contributed by atoms with Crippen molar-refractivity contribution < 1.29 is 4.79 Å². The molecule has 0 unspecified atom stereocenters. The number of Topliss-reactive ketones (excluding diaryl/α,β-unsaturated/α-hetero) is 1. The van der Waals surface area contributed by atoms with Crippen LogP contribution in [0.25, 0.3) is 0 Å². The predicted molar refractivity (Wildman–Crippen MR) is 52.6 cm³/mol. The maximum Gasteiger partial charge on any atom is 0.145 e. The number of rotatable bonds is 4. The Morgan fingerprint density at radius 3 is 2.92 bits per heavy atom. The second-order valence-electron chi connectivity index (χ2n) is 2.96. The summed E-state index contributed by atoms with van der Waals surface area (Å²) in [6.07, 6.45) is 3.16. The van der Waals surface area contributed by atoms with Gasteiger partial charge >= 0.3 is 0 Å². The molecule has 0 aliphatic heterocycles. The minimum atomic E-state index is 0.106. The summed E-state index contributed by atoms with van der Waals surface area (Å²) in [4.78, 5) is 19.1. The molecule has 0 N–H and O–H groups in total. The van der Waals surface area contributed by atoms with Gasteiger partial charge in [-0.25, -0.2) is 9.97 Å². The molecule has 0 bridgehead atoms. The number of hydrogen-bond donors (Lipinski definition) is 0. The molecule has 4 heteroatoms. The van der Waals surface area contributed by atoms with Gasteiger partial charge in [0.15, 0.2) is 0 Å². The van der Waals surface area contributed by atoms with Crippen molar-refractivity contribution in [2.24, 2.45) is 5.92 Å². The van der Waals surface area contributed by atoms with E-state index in [1.807, 2.05) is 13.8 Å². The molecule has 0 amide bonds. The van der Waals surface area contributed by atoms with E-state index in [1.54, 1.807) is 12.3 Å². The van der Waals surface area contributed by atoms with Gasteiger partial charge in [0.25, 0.3) is 0 Å². The Bertz CT molecular complexity index is 274. The highest BCUT2D eigenvalue weighted by molar-refractivity contribution is 7.99. The molecule has 0 radical (unpaired) electrons. The highest BCUT2D eigenvalue weighted by Crippen LogP contribution is 2.14. The summed E-state index contributed by atoms with van der Waals surface area (Å²) in [6, 6.07) is 1.80. The minimum absolute atomic E-state index is 0.106. The van der Waals surface area contributed by atoms with Crippen LogP contribution in [0.5, 0.6) is 0 Å². The second kappa shape index (κ2) is 4.97. The first-order valence-corrected chi connectivity index (χ1v) is 5.10. The van der Waals surface area contributed by atoms with E-state index in [0.29, 0.717) is 5.75 Å². The number of carbonyl (C=O) groups is 1. The molecular weight excluding hydrogens is 184 g/mol. The van der Waals surface area contributed by atoms with Crippen molar-refractivity contribution in [3.63, 3.8) is 0 Å². The Kier molecular flexibility index (Phi) is 3.89. The van der Waals surface area contributed by atoms with E-state index in [4.69, 9.17) is 0 Å². The van der Waals surface area contributed by atoms with Gasteiger partial charge in [-0.2, -0.15) is 0 Å². The Hall–Kier alpha value is -0.900. The van der Waals surface area contributed by atoms with Crippen LogP contribution in [-0.4, -0.2) is 21.5 Å². The normalized spacial score (nSPS) is 10.4. The van der Waals surface area contributed by atoms with Crippen molar-refractivity contribution in [2.75, 3.05) is 5.75 Å². The molecule has 1 aromatic heterocycles. The zero-order valence-corrected chi connectivity index (χ0v) is 8.54. The minimum Gasteiger partial charge on any atom is -0.298 e. The quantitative estimate of drug-likeness (QED) is 0.544. The van der Waals surface area contributed by atoms with E-state index >= 15 is 0 Å². The van der Waals surface area contributed by atoms with Gasteiger partial charge in [-0.3, -0.25) is 4.79 Å². The van der Waals surface area contributed by atoms with Gasteiger partial charge < -0.3 is 0 Å². The Morgan fingerprint density at radius 1 is 1.62 bits per heavy atom. The lowest BCUT2D eigenvalue weighted by Crippen LogP contribution is -2.09. The van der Waals surface area contributed by atoms with Gasteiger partial charge in [-0.15, -0.1) is 0 Å². The molecule has 0 aromatic carbocycles. The van der Waals surface area contributed by atoms with Gasteiger partial charge in [-0.1, -0.05) is 25.6 Å². The van der Waals surface area contributed by atoms with Crippen molar-refractivity contribution in [1.82, 2.24) is 9.97 Å². The standard InChI is InChI=1S/C9H12N2OS/c1-7(2)8(12)5-13-9-3-4-10-6-11-9/h3-4,6-7H,5H2,1-2H3. The molecule has 0 fully saturated rings. The smallest absolute Gasteiger partial charge is 0.145 e. The Labute approximate surface area is 82.0 Å². The molecule has 0 spiro atoms. The van der Waals surface area contributed by atoms with Gasteiger partial charge in [0.1, 0.15) is 12.1 Å². The number of nitrogens with zero attached hydrogens (tertiary/aromatic N) is 2. The van der Waals surface area contributed by atoms with Gasteiger partial charge in [0.05, 0.1) is 10.8 Å². The summed E-state index contributed by atoms with van der Waals surface area (Å²) in [5.41, 5.74) is 0. The topological polar surface area (TPSA) is 42.9 Å². The molecule has 0 aliphatic carbocycles. The number of ketones is 1. The number of carbonyl (C=O) groups excluding carboxylic acids is 1. The lowest BCUT2D eigenvalue weighted by molar-refractivity contribution is -0.119. The summed E-state index contributed by atoms with van der Waals surface area (Å²) in [6.45, 7) is 3.81. The molecule has 13 heavy (non-hydrogen) atoms. The Morgan fingerprint density at radius 2 is 2.38 bits per heavy atom. The molecule has 3 nitrogen and oxygen atoms in total. The molecule has 0 aliphatic rings. The first-order valence-electron chi connectivity index (χ1n) is 4.11. The van der Waals surface area contributed by atoms with Gasteiger partial charge in [0.2, 0.25) is 0 Å². The number of aromatic nitrogens is 2. The third-order valence-corrected chi connectivity index (χ3v) is 2.53. The first kappa shape index (κ1) is 10.2. The van der Waals surface area contributed by atoms with Crippen LogP contribution in [-0.2, 0) is 4.79 Å². The van der Waals surface area contributed by atoms with Crippen molar-refractivity contribution >= 4 is 17.5 Å². The third kappa shape index (κ3) is 3.55. The molecule has 0 saturated heterocycles. The monoisotopic (exact) mass is 196 g/mol. The molecule has 1 rings (SSSR count). The summed E-state index contributed by atoms with van der Waals surface area (Å²) >= 11 is 1.46. The average molecular weight is 196 g/mol. The van der Waals surface area contributed by atoms with E-state index < -0.39 is 0 Å². The van der Waals surface area contributed by atoms with Crippen molar-refractivity contribution in [2.45, 2.75) is 18.9 Å². The molecule has 1 aromatic rings. The van der Waals surface area contributed by atoms with E-state index in [0.717, 1.165) is 5.03 Å². The highest BCUT2D eigenvalue weighted by atomic mass is 32.2. The Balaban J connectivity index is 2.40. The predicted octanol–water partition coefficient (Wildman–Crippen LogP) is 1.79. The van der Waals surface area contributed by atoms with Crippen molar-refractivity contribution in [3.8, 4) is 0 Å². The van der Waals surface area contributed by atoms with Crippen LogP contribution in [0.1, 0.15) is 13.8 Å². The molecule has 0 atom stereocenters. The third-order valence-electron chi connectivity index (χ3n) is 1.56. The lowest BCUT2D eigenvalue weighted by Gasteiger charge is -2.02. The fraction of sp³-hybridized carbons (Fsp3) is 0.444. The van der Waals surface area contributed by atoms with Crippen molar-refractivity contribution in [1.29, 1.82) is 0 Å².